The Labute approximate surface area is 173 Å². The zero-order chi connectivity index (χ0) is 20.5. The highest BCUT2D eigenvalue weighted by molar-refractivity contribution is 7.99. The minimum atomic E-state index is -0.230. The van der Waals surface area contributed by atoms with E-state index in [0.717, 1.165) is 10.5 Å². The number of pyridine rings is 1. The van der Waals surface area contributed by atoms with Crippen LogP contribution in [-0.2, 0) is 16.1 Å². The Hall–Kier alpha value is -3.16. The van der Waals surface area contributed by atoms with Crippen molar-refractivity contribution < 1.29 is 14.3 Å². The lowest BCUT2D eigenvalue weighted by molar-refractivity contribution is -0.119. The molecular formula is C22H21N3O3S. The lowest BCUT2D eigenvalue weighted by Crippen LogP contribution is -2.24. The number of benzene rings is 2. The molecule has 3 aromatic rings. The van der Waals surface area contributed by atoms with Gasteiger partial charge in [-0.15, -0.1) is 0 Å². The highest BCUT2D eigenvalue weighted by atomic mass is 32.2. The summed E-state index contributed by atoms with van der Waals surface area (Å²) < 4.78 is 4.81. The molecule has 148 valence electrons. The summed E-state index contributed by atoms with van der Waals surface area (Å²) in [5, 5.41) is 6.32. The normalized spacial score (nSPS) is 10.4. The number of methoxy groups -OCH3 is 1. The molecule has 3 rings (SSSR count). The summed E-state index contributed by atoms with van der Waals surface area (Å²) in [6.07, 6.45) is 1.67. The zero-order valence-electron chi connectivity index (χ0n) is 15.9. The molecule has 1 aromatic heterocycles. The maximum atomic E-state index is 12.7. The predicted octanol–water partition coefficient (Wildman–Crippen LogP) is 3.75. The van der Waals surface area contributed by atoms with Gasteiger partial charge in [-0.1, -0.05) is 42.1 Å². The lowest BCUT2D eigenvalue weighted by atomic mass is 10.2. The van der Waals surface area contributed by atoms with Crippen molar-refractivity contribution in [2.24, 2.45) is 0 Å². The summed E-state index contributed by atoms with van der Waals surface area (Å²) in [6, 6.07) is 20.6. The molecule has 0 radical (unpaired) electrons. The van der Waals surface area contributed by atoms with Crippen molar-refractivity contribution in [2.75, 3.05) is 19.0 Å². The molecule has 0 fully saturated rings. The average Bonchev–Trinajstić information content (AvgIpc) is 2.73. The number of rotatable bonds is 8. The monoisotopic (exact) mass is 407 g/mol. The van der Waals surface area contributed by atoms with Crippen LogP contribution in [0, 0.1) is 0 Å². The number of aromatic nitrogens is 1. The third-order valence-corrected chi connectivity index (χ3v) is 4.94. The summed E-state index contributed by atoms with van der Waals surface area (Å²) in [5.41, 5.74) is 2.04. The predicted molar refractivity (Wildman–Crippen MR) is 113 cm³/mol. The first-order chi connectivity index (χ1) is 14.2. The van der Waals surface area contributed by atoms with Gasteiger partial charge in [0, 0.05) is 30.4 Å². The van der Waals surface area contributed by atoms with E-state index in [0.29, 0.717) is 22.8 Å². The molecular weight excluding hydrogens is 386 g/mol. The van der Waals surface area contributed by atoms with Crippen molar-refractivity contribution in [3.63, 3.8) is 0 Å². The smallest absolute Gasteiger partial charge is 0.254 e. The first-order valence-corrected chi connectivity index (χ1v) is 9.81. The molecule has 2 N–H and O–H groups in total. The number of carbonyl (C=O) groups excluding carboxylic acids is 2. The molecule has 0 aliphatic rings. The number of ether oxygens (including phenoxy) is 1. The van der Waals surface area contributed by atoms with Gasteiger partial charge in [-0.25, -0.2) is 4.98 Å². The van der Waals surface area contributed by atoms with Crippen molar-refractivity contribution in [2.45, 2.75) is 16.5 Å². The third-order valence-electron chi connectivity index (χ3n) is 3.91. The molecule has 0 bridgehead atoms. The summed E-state index contributed by atoms with van der Waals surface area (Å²) in [5.74, 6) is -0.433. The van der Waals surface area contributed by atoms with E-state index in [1.165, 1.54) is 18.9 Å². The fourth-order valence-corrected chi connectivity index (χ4v) is 3.51. The molecule has 0 spiro atoms. The summed E-state index contributed by atoms with van der Waals surface area (Å²) in [7, 11) is 1.47. The van der Waals surface area contributed by atoms with Crippen LogP contribution in [0.4, 0.5) is 5.69 Å². The van der Waals surface area contributed by atoms with Crippen LogP contribution in [0.15, 0.2) is 82.8 Å². The molecule has 0 saturated heterocycles. The maximum Gasteiger partial charge on any atom is 0.254 e. The summed E-state index contributed by atoms with van der Waals surface area (Å²) in [6.45, 7) is 0.320. The maximum absolute atomic E-state index is 12.7. The van der Waals surface area contributed by atoms with Crippen molar-refractivity contribution in [3.05, 3.63) is 84.1 Å². The van der Waals surface area contributed by atoms with Crippen LogP contribution in [0.2, 0.25) is 0 Å². The van der Waals surface area contributed by atoms with Gasteiger partial charge in [0.25, 0.3) is 5.91 Å². The van der Waals surface area contributed by atoms with E-state index in [1.807, 2.05) is 48.5 Å². The van der Waals surface area contributed by atoms with Gasteiger partial charge in [-0.2, -0.15) is 0 Å². The Balaban J connectivity index is 1.65. The van der Waals surface area contributed by atoms with Crippen LogP contribution in [0.5, 0.6) is 0 Å². The Morgan fingerprint density at radius 3 is 2.66 bits per heavy atom. The average molecular weight is 407 g/mol. The molecule has 29 heavy (non-hydrogen) atoms. The quantitative estimate of drug-likeness (QED) is 0.594. The number of amides is 2. The minimum absolute atomic E-state index is 0.0101. The summed E-state index contributed by atoms with van der Waals surface area (Å²) in [4.78, 5) is 29.7. The Kier molecular flexibility index (Phi) is 7.38. The largest absolute Gasteiger partial charge is 0.375 e. The van der Waals surface area contributed by atoms with Crippen LogP contribution in [0.25, 0.3) is 0 Å². The van der Waals surface area contributed by atoms with Crippen LogP contribution in [0.1, 0.15) is 15.9 Å². The van der Waals surface area contributed by atoms with Crippen molar-refractivity contribution in [1.29, 1.82) is 0 Å². The molecule has 2 aromatic carbocycles. The van der Waals surface area contributed by atoms with E-state index in [2.05, 4.69) is 15.6 Å². The highest BCUT2D eigenvalue weighted by Gasteiger charge is 2.13. The van der Waals surface area contributed by atoms with E-state index in [9.17, 15) is 9.59 Å². The van der Waals surface area contributed by atoms with E-state index < -0.39 is 0 Å². The number of nitrogens with one attached hydrogen (secondary N) is 2. The molecule has 6 nitrogen and oxygen atoms in total. The lowest BCUT2D eigenvalue weighted by Gasteiger charge is -2.10. The molecule has 1 heterocycles. The van der Waals surface area contributed by atoms with Crippen LogP contribution in [-0.4, -0.2) is 30.5 Å². The van der Waals surface area contributed by atoms with E-state index in [4.69, 9.17) is 4.74 Å². The third kappa shape index (κ3) is 6.17. The van der Waals surface area contributed by atoms with E-state index >= 15 is 0 Å². The molecule has 0 atom stereocenters. The second kappa shape index (κ2) is 10.4. The van der Waals surface area contributed by atoms with Gasteiger partial charge in [-0.05, 0) is 42.0 Å². The van der Waals surface area contributed by atoms with Crippen LogP contribution >= 0.6 is 11.8 Å². The van der Waals surface area contributed by atoms with Crippen molar-refractivity contribution in [1.82, 2.24) is 10.3 Å². The Morgan fingerprint density at radius 1 is 1.03 bits per heavy atom. The van der Waals surface area contributed by atoms with Crippen molar-refractivity contribution >= 4 is 29.3 Å². The van der Waals surface area contributed by atoms with E-state index in [1.54, 1.807) is 24.4 Å². The van der Waals surface area contributed by atoms with Gasteiger partial charge in [0.05, 0.1) is 5.56 Å². The van der Waals surface area contributed by atoms with Gasteiger partial charge in [-0.3, -0.25) is 9.59 Å². The SMILES string of the molecule is COCC(=O)Nc1cccc(CNC(=O)c2cccnc2Sc2ccccc2)c1. The fraction of sp³-hybridized carbons (Fsp3) is 0.136. The van der Waals surface area contributed by atoms with Crippen LogP contribution < -0.4 is 10.6 Å². The number of hydrogen-bond donors (Lipinski definition) is 2. The second-order valence-corrected chi connectivity index (χ2v) is 7.20. The van der Waals surface area contributed by atoms with Gasteiger partial charge in [0.2, 0.25) is 5.91 Å². The van der Waals surface area contributed by atoms with E-state index in [-0.39, 0.29) is 18.4 Å². The van der Waals surface area contributed by atoms with Crippen LogP contribution in [0.3, 0.4) is 0 Å². The highest BCUT2D eigenvalue weighted by Crippen LogP contribution is 2.28. The number of nitrogens with zero attached hydrogens (tertiary/aromatic N) is 1. The standard InChI is InChI=1S/C22H21N3O3S/c1-28-15-20(26)25-17-8-5-7-16(13-17)14-24-21(27)19-11-6-12-23-22(19)29-18-9-3-2-4-10-18/h2-13H,14-15H2,1H3,(H,24,27)(H,25,26). The number of hydrogen-bond acceptors (Lipinski definition) is 5. The Morgan fingerprint density at radius 2 is 1.86 bits per heavy atom. The second-order valence-electron chi connectivity index (χ2n) is 6.14. The molecule has 0 saturated carbocycles. The first kappa shape index (κ1) is 20.6. The molecule has 2 amide bonds. The molecule has 0 aliphatic heterocycles. The Bertz CT molecular complexity index is 980. The van der Waals surface area contributed by atoms with Crippen molar-refractivity contribution in [3.8, 4) is 0 Å². The minimum Gasteiger partial charge on any atom is -0.375 e. The van der Waals surface area contributed by atoms with Gasteiger partial charge in [0.15, 0.2) is 0 Å². The van der Waals surface area contributed by atoms with Gasteiger partial charge in [0.1, 0.15) is 11.6 Å². The topological polar surface area (TPSA) is 80.3 Å². The first-order valence-electron chi connectivity index (χ1n) is 8.99. The molecule has 7 heteroatoms. The fourth-order valence-electron chi connectivity index (χ4n) is 2.61. The summed E-state index contributed by atoms with van der Waals surface area (Å²) >= 11 is 1.45. The van der Waals surface area contributed by atoms with Gasteiger partial charge >= 0.3 is 0 Å². The van der Waals surface area contributed by atoms with Gasteiger partial charge < -0.3 is 15.4 Å². The molecule has 0 unspecified atom stereocenters. The molecule has 0 aliphatic carbocycles. The number of carbonyl (C=O) groups is 2. The number of anilines is 1. The zero-order valence-corrected chi connectivity index (χ0v) is 16.7.